The Hall–Kier alpha value is -0.900. The van der Waals surface area contributed by atoms with Crippen LogP contribution in [0.2, 0.25) is 0 Å². The lowest BCUT2D eigenvalue weighted by atomic mass is 10.4. The molecule has 0 saturated carbocycles. The highest BCUT2D eigenvalue weighted by atomic mass is 32.2. The quantitative estimate of drug-likeness (QED) is 0.440. The third-order valence-corrected chi connectivity index (χ3v) is 3.29. The predicted molar refractivity (Wildman–Crippen MR) is 58.8 cm³/mol. The Labute approximate surface area is 95.1 Å². The van der Waals surface area contributed by atoms with E-state index in [1.54, 1.807) is 0 Å². The second-order valence-corrected chi connectivity index (χ2v) is 4.89. The molecule has 0 fully saturated rings. The zero-order valence-corrected chi connectivity index (χ0v) is 10.00. The molecule has 0 radical (unpaired) electrons. The number of carbonyl (C=O) groups is 1. The molecule has 0 atom stereocenters. The van der Waals surface area contributed by atoms with Gasteiger partial charge in [-0.25, -0.2) is 4.79 Å². The van der Waals surface area contributed by atoms with Crippen LogP contribution in [0.3, 0.4) is 0 Å². The van der Waals surface area contributed by atoms with Gasteiger partial charge in [0.1, 0.15) is 6.61 Å². The minimum Gasteiger partial charge on any atom is -0.448 e. The third-order valence-electron chi connectivity index (χ3n) is 1.72. The van der Waals surface area contributed by atoms with E-state index < -0.39 is 16.3 Å². The summed E-state index contributed by atoms with van der Waals surface area (Å²) in [6.07, 6.45) is -0.356. The fraction of sp³-hybridized carbons (Fsp3) is 0.857. The van der Waals surface area contributed by atoms with Crippen molar-refractivity contribution in [2.45, 2.75) is 6.42 Å². The van der Waals surface area contributed by atoms with Gasteiger partial charge in [-0.15, -0.1) is 0 Å². The second kappa shape index (κ2) is 7.39. The molecule has 0 aliphatic rings. The van der Waals surface area contributed by atoms with Crippen molar-refractivity contribution in [3.8, 4) is 0 Å². The molecule has 0 spiro atoms. The molecule has 0 bridgehead atoms. The summed E-state index contributed by atoms with van der Waals surface area (Å²) in [6, 6.07) is 0. The van der Waals surface area contributed by atoms with Crippen molar-refractivity contribution in [2.75, 3.05) is 33.3 Å². The molecule has 9 heteroatoms. The van der Waals surface area contributed by atoms with E-state index in [-0.39, 0.29) is 13.2 Å². The average molecular weight is 254 g/mol. The number of nitrogens with one attached hydrogen (secondary N) is 1. The van der Waals surface area contributed by atoms with Crippen LogP contribution in [0.25, 0.3) is 0 Å². The van der Waals surface area contributed by atoms with Gasteiger partial charge in [0, 0.05) is 20.1 Å². The molecule has 5 N–H and O–H groups in total. The van der Waals surface area contributed by atoms with Crippen LogP contribution in [0, 0.1) is 0 Å². The molecule has 0 heterocycles. The van der Waals surface area contributed by atoms with E-state index in [9.17, 15) is 13.2 Å². The maximum atomic E-state index is 11.5. The van der Waals surface area contributed by atoms with Crippen molar-refractivity contribution < 1.29 is 17.9 Å². The van der Waals surface area contributed by atoms with Crippen LogP contribution in [0.1, 0.15) is 6.42 Å². The molecule has 0 aromatic carbocycles. The maximum absolute atomic E-state index is 11.5. The summed E-state index contributed by atoms with van der Waals surface area (Å²) in [5.41, 5.74) is 9.97. The van der Waals surface area contributed by atoms with Crippen LogP contribution >= 0.6 is 0 Å². The molecule has 8 nitrogen and oxygen atoms in total. The standard InChI is InChI=1S/C7H18N4O4S/c1-11(5-2-3-8)16(13,14)10-4-6-15-7(9)12/h10H,2-6,8H2,1H3,(H2,9,12). The van der Waals surface area contributed by atoms with Gasteiger partial charge in [-0.05, 0) is 13.0 Å². The topological polar surface area (TPSA) is 128 Å². The number of primary amides is 1. The highest BCUT2D eigenvalue weighted by Gasteiger charge is 2.15. The van der Waals surface area contributed by atoms with Gasteiger partial charge in [0.05, 0.1) is 0 Å². The van der Waals surface area contributed by atoms with Crippen LogP contribution in [0.4, 0.5) is 4.79 Å². The number of nitrogens with zero attached hydrogens (tertiary/aromatic N) is 1. The lowest BCUT2D eigenvalue weighted by Gasteiger charge is -2.16. The van der Waals surface area contributed by atoms with E-state index in [1.807, 2.05) is 0 Å². The normalized spacial score (nSPS) is 11.7. The first-order valence-corrected chi connectivity index (χ1v) is 6.17. The predicted octanol–water partition coefficient (Wildman–Crippen LogP) is -1.80. The highest BCUT2D eigenvalue weighted by molar-refractivity contribution is 7.87. The average Bonchev–Trinajstić information content (AvgIpc) is 2.20. The molecule has 0 unspecified atom stereocenters. The lowest BCUT2D eigenvalue weighted by Crippen LogP contribution is -2.40. The van der Waals surface area contributed by atoms with E-state index >= 15 is 0 Å². The molecular formula is C7H18N4O4S. The molecule has 0 rings (SSSR count). The molecule has 16 heavy (non-hydrogen) atoms. The van der Waals surface area contributed by atoms with E-state index in [4.69, 9.17) is 11.5 Å². The van der Waals surface area contributed by atoms with Crippen LogP contribution in [0.5, 0.6) is 0 Å². The summed E-state index contributed by atoms with van der Waals surface area (Å²) in [7, 11) is -2.10. The SMILES string of the molecule is CN(CCCN)S(=O)(=O)NCCOC(N)=O. The largest absolute Gasteiger partial charge is 0.448 e. The van der Waals surface area contributed by atoms with Gasteiger partial charge < -0.3 is 16.2 Å². The van der Waals surface area contributed by atoms with Crippen molar-refractivity contribution >= 4 is 16.3 Å². The van der Waals surface area contributed by atoms with Gasteiger partial charge in [0.2, 0.25) is 0 Å². The van der Waals surface area contributed by atoms with Gasteiger partial charge in [-0.2, -0.15) is 17.4 Å². The molecule has 0 aromatic rings. The Balaban J connectivity index is 3.90. The summed E-state index contributed by atoms with van der Waals surface area (Å²) < 4.78 is 30.7. The number of amides is 1. The summed E-state index contributed by atoms with van der Waals surface area (Å²) >= 11 is 0. The molecule has 0 aromatic heterocycles. The van der Waals surface area contributed by atoms with E-state index in [1.165, 1.54) is 7.05 Å². The molecule has 0 aliphatic heterocycles. The maximum Gasteiger partial charge on any atom is 0.404 e. The summed E-state index contributed by atoms with van der Waals surface area (Å²) in [6.45, 7) is 0.644. The molecular weight excluding hydrogens is 236 g/mol. The summed E-state index contributed by atoms with van der Waals surface area (Å²) in [5, 5.41) is 0. The van der Waals surface area contributed by atoms with Gasteiger partial charge in [-0.3, -0.25) is 0 Å². The Bertz CT molecular complexity index is 306. The van der Waals surface area contributed by atoms with Gasteiger partial charge >= 0.3 is 6.09 Å². The minimum atomic E-state index is -3.53. The number of rotatable bonds is 8. The molecule has 1 amide bonds. The monoisotopic (exact) mass is 254 g/mol. The number of hydrogen-bond acceptors (Lipinski definition) is 5. The van der Waals surface area contributed by atoms with E-state index in [0.717, 1.165) is 4.31 Å². The van der Waals surface area contributed by atoms with Crippen molar-refractivity contribution in [3.05, 3.63) is 0 Å². The molecule has 96 valence electrons. The van der Waals surface area contributed by atoms with Gasteiger partial charge in [0.15, 0.2) is 0 Å². The fourth-order valence-corrected chi connectivity index (χ4v) is 1.80. The summed E-state index contributed by atoms with van der Waals surface area (Å²) in [4.78, 5) is 10.2. The van der Waals surface area contributed by atoms with Crippen LogP contribution in [0.15, 0.2) is 0 Å². The molecule has 0 aliphatic carbocycles. The van der Waals surface area contributed by atoms with E-state index in [2.05, 4.69) is 9.46 Å². The lowest BCUT2D eigenvalue weighted by molar-refractivity contribution is 0.159. The Kier molecular flexibility index (Phi) is 6.97. The van der Waals surface area contributed by atoms with Crippen LogP contribution in [-0.2, 0) is 14.9 Å². The number of nitrogens with two attached hydrogens (primary N) is 2. The summed E-state index contributed by atoms with van der Waals surface area (Å²) in [5.74, 6) is 0. The van der Waals surface area contributed by atoms with Gasteiger partial charge in [0.25, 0.3) is 10.2 Å². The first-order chi connectivity index (χ1) is 7.40. The zero-order chi connectivity index (χ0) is 12.6. The minimum absolute atomic E-state index is 0.0156. The molecule has 0 saturated heterocycles. The van der Waals surface area contributed by atoms with E-state index in [0.29, 0.717) is 19.5 Å². The highest BCUT2D eigenvalue weighted by Crippen LogP contribution is 1.94. The number of ether oxygens (including phenoxy) is 1. The second-order valence-electron chi connectivity index (χ2n) is 3.03. The van der Waals surface area contributed by atoms with Crippen molar-refractivity contribution in [1.29, 1.82) is 0 Å². The third kappa shape index (κ3) is 6.56. The Morgan fingerprint density at radius 3 is 2.62 bits per heavy atom. The van der Waals surface area contributed by atoms with Crippen molar-refractivity contribution in [2.24, 2.45) is 11.5 Å². The van der Waals surface area contributed by atoms with Crippen molar-refractivity contribution in [3.63, 3.8) is 0 Å². The Morgan fingerprint density at radius 2 is 2.12 bits per heavy atom. The van der Waals surface area contributed by atoms with Crippen molar-refractivity contribution in [1.82, 2.24) is 9.03 Å². The Morgan fingerprint density at radius 1 is 1.50 bits per heavy atom. The van der Waals surface area contributed by atoms with Gasteiger partial charge in [-0.1, -0.05) is 0 Å². The number of carbonyl (C=O) groups excluding carboxylic acids is 1. The van der Waals surface area contributed by atoms with Crippen LogP contribution in [-0.4, -0.2) is 52.1 Å². The fourth-order valence-electron chi connectivity index (χ4n) is 0.867. The first-order valence-electron chi connectivity index (χ1n) is 4.73. The van der Waals surface area contributed by atoms with Crippen LogP contribution < -0.4 is 16.2 Å². The zero-order valence-electron chi connectivity index (χ0n) is 9.18. The smallest absolute Gasteiger partial charge is 0.404 e. The number of hydrogen-bond donors (Lipinski definition) is 3. The first kappa shape index (κ1) is 15.1.